The van der Waals surface area contributed by atoms with Gasteiger partial charge in [-0.05, 0) is 39.6 Å². The van der Waals surface area contributed by atoms with E-state index in [-0.39, 0.29) is 5.91 Å². The molecule has 1 heterocycles. The van der Waals surface area contributed by atoms with E-state index in [4.69, 9.17) is 0 Å². The molecule has 0 aliphatic rings. The molecule has 134 valence electrons. The molecule has 1 aromatic heterocycles. The summed E-state index contributed by atoms with van der Waals surface area (Å²) in [5, 5.41) is 2.90. The number of anilines is 1. The molecular formula is C19H27N5O. The number of carbonyl (C=O) groups excluding carboxylic acids is 1. The zero-order valence-corrected chi connectivity index (χ0v) is 15.5. The summed E-state index contributed by atoms with van der Waals surface area (Å²) in [5.74, 6) is 0.425. The minimum atomic E-state index is -0.163. The maximum atomic E-state index is 12.4. The van der Waals surface area contributed by atoms with Gasteiger partial charge >= 0.3 is 0 Å². The second-order valence-electron chi connectivity index (χ2n) is 6.25. The number of rotatable bonds is 8. The molecule has 2 aromatic rings. The fourth-order valence-corrected chi connectivity index (χ4v) is 2.42. The predicted octanol–water partition coefficient (Wildman–Crippen LogP) is 2.10. The molecule has 0 spiro atoms. The average Bonchev–Trinajstić information content (AvgIpc) is 2.59. The maximum Gasteiger partial charge on any atom is 0.270 e. The van der Waals surface area contributed by atoms with Crippen molar-refractivity contribution in [2.75, 3.05) is 38.6 Å². The number of nitrogens with one attached hydrogen (secondary N) is 1. The zero-order valence-electron chi connectivity index (χ0n) is 15.5. The number of hydrogen-bond donors (Lipinski definition) is 1. The highest BCUT2D eigenvalue weighted by Crippen LogP contribution is 2.14. The van der Waals surface area contributed by atoms with E-state index < -0.39 is 0 Å². The lowest BCUT2D eigenvalue weighted by molar-refractivity contribution is 0.0946. The number of aromatic nitrogens is 2. The van der Waals surface area contributed by atoms with Gasteiger partial charge in [-0.1, -0.05) is 30.3 Å². The van der Waals surface area contributed by atoms with Gasteiger partial charge in [0.1, 0.15) is 5.69 Å². The number of likely N-dealkylation sites (N-methyl/N-ethyl adjacent to an activating group) is 1. The quantitative estimate of drug-likeness (QED) is 0.797. The molecule has 0 saturated carbocycles. The van der Waals surface area contributed by atoms with Crippen molar-refractivity contribution in [3.05, 3.63) is 53.3 Å². The third-order valence-electron chi connectivity index (χ3n) is 3.80. The first-order valence-electron chi connectivity index (χ1n) is 8.57. The Labute approximate surface area is 149 Å². The van der Waals surface area contributed by atoms with Crippen molar-refractivity contribution >= 4 is 11.9 Å². The maximum absolute atomic E-state index is 12.4. The van der Waals surface area contributed by atoms with Gasteiger partial charge in [-0.2, -0.15) is 0 Å². The van der Waals surface area contributed by atoms with Gasteiger partial charge in [0, 0.05) is 31.9 Å². The molecule has 1 amide bonds. The van der Waals surface area contributed by atoms with Crippen LogP contribution in [0.25, 0.3) is 0 Å². The first-order valence-corrected chi connectivity index (χ1v) is 8.57. The number of benzene rings is 1. The molecule has 0 saturated heterocycles. The van der Waals surface area contributed by atoms with Crippen molar-refractivity contribution in [2.45, 2.75) is 20.4 Å². The SMILES string of the molecule is CCN(Cc1ccccc1)c1nc(C)cc(C(=O)NCCN(C)C)n1. The van der Waals surface area contributed by atoms with Crippen molar-refractivity contribution < 1.29 is 4.79 Å². The average molecular weight is 341 g/mol. The van der Waals surface area contributed by atoms with Crippen LogP contribution in [0, 0.1) is 6.92 Å². The minimum Gasteiger partial charge on any atom is -0.349 e. The first-order chi connectivity index (χ1) is 12.0. The van der Waals surface area contributed by atoms with Crippen LogP contribution in [-0.4, -0.2) is 54.5 Å². The van der Waals surface area contributed by atoms with E-state index in [1.54, 1.807) is 6.07 Å². The van der Waals surface area contributed by atoms with Crippen LogP contribution in [0.4, 0.5) is 5.95 Å². The summed E-state index contributed by atoms with van der Waals surface area (Å²) in [6.07, 6.45) is 0. The number of aryl methyl sites for hydroxylation is 1. The van der Waals surface area contributed by atoms with Gasteiger partial charge in [-0.25, -0.2) is 9.97 Å². The van der Waals surface area contributed by atoms with Crippen LogP contribution >= 0.6 is 0 Å². The molecule has 0 unspecified atom stereocenters. The second-order valence-corrected chi connectivity index (χ2v) is 6.25. The number of nitrogens with zero attached hydrogens (tertiary/aromatic N) is 4. The lowest BCUT2D eigenvalue weighted by Gasteiger charge is -2.21. The fraction of sp³-hybridized carbons (Fsp3) is 0.421. The molecule has 6 heteroatoms. The van der Waals surface area contributed by atoms with Crippen LogP contribution in [0.3, 0.4) is 0 Å². The highest BCUT2D eigenvalue weighted by Gasteiger charge is 2.14. The fourth-order valence-electron chi connectivity index (χ4n) is 2.42. The van der Waals surface area contributed by atoms with Gasteiger partial charge in [0.05, 0.1) is 0 Å². The first kappa shape index (κ1) is 18.9. The Morgan fingerprint density at radius 2 is 1.88 bits per heavy atom. The van der Waals surface area contributed by atoms with Crippen LogP contribution in [-0.2, 0) is 6.54 Å². The molecule has 2 rings (SSSR count). The standard InChI is InChI=1S/C19H27N5O/c1-5-24(14-16-9-7-6-8-10-16)19-21-15(2)13-17(22-19)18(25)20-11-12-23(3)4/h6-10,13H,5,11-12,14H2,1-4H3,(H,20,25). The van der Waals surface area contributed by atoms with Crippen LogP contribution in [0.5, 0.6) is 0 Å². The predicted molar refractivity (Wildman–Crippen MR) is 101 cm³/mol. The molecule has 0 atom stereocenters. The summed E-state index contributed by atoms with van der Waals surface area (Å²) in [4.78, 5) is 25.5. The van der Waals surface area contributed by atoms with Gasteiger partial charge < -0.3 is 15.1 Å². The number of amides is 1. The molecule has 6 nitrogen and oxygen atoms in total. The Balaban J connectivity index is 2.14. The molecule has 0 aliphatic carbocycles. The van der Waals surface area contributed by atoms with Crippen molar-refractivity contribution in [3.8, 4) is 0 Å². The molecule has 0 bridgehead atoms. The van der Waals surface area contributed by atoms with E-state index in [0.717, 1.165) is 18.8 Å². The second kappa shape index (κ2) is 9.13. The Kier molecular flexibility index (Phi) is 6.89. The largest absolute Gasteiger partial charge is 0.349 e. The van der Waals surface area contributed by atoms with Gasteiger partial charge in [0.25, 0.3) is 5.91 Å². The Hall–Kier alpha value is -2.47. The van der Waals surface area contributed by atoms with Crippen LogP contribution in [0.15, 0.2) is 36.4 Å². The molecular weight excluding hydrogens is 314 g/mol. The van der Waals surface area contributed by atoms with E-state index in [2.05, 4.69) is 39.2 Å². The van der Waals surface area contributed by atoms with E-state index in [1.165, 1.54) is 5.56 Å². The van der Waals surface area contributed by atoms with Gasteiger partial charge in [0.2, 0.25) is 5.95 Å². The summed E-state index contributed by atoms with van der Waals surface area (Å²) >= 11 is 0. The Bertz CT molecular complexity index is 687. The Morgan fingerprint density at radius 3 is 2.52 bits per heavy atom. The van der Waals surface area contributed by atoms with Crippen LogP contribution in [0.2, 0.25) is 0 Å². The van der Waals surface area contributed by atoms with Crippen molar-refractivity contribution in [3.63, 3.8) is 0 Å². The third kappa shape index (κ3) is 5.83. The van der Waals surface area contributed by atoms with Crippen LogP contribution < -0.4 is 10.2 Å². The van der Waals surface area contributed by atoms with E-state index in [0.29, 0.717) is 24.7 Å². The summed E-state index contributed by atoms with van der Waals surface area (Å²) in [5.41, 5.74) is 2.38. The van der Waals surface area contributed by atoms with E-state index in [1.807, 2.05) is 44.1 Å². The monoisotopic (exact) mass is 341 g/mol. The molecule has 1 aromatic carbocycles. The smallest absolute Gasteiger partial charge is 0.270 e. The van der Waals surface area contributed by atoms with E-state index >= 15 is 0 Å². The lowest BCUT2D eigenvalue weighted by atomic mass is 10.2. The van der Waals surface area contributed by atoms with Crippen molar-refractivity contribution in [1.82, 2.24) is 20.2 Å². The van der Waals surface area contributed by atoms with Crippen molar-refractivity contribution in [2.24, 2.45) is 0 Å². The third-order valence-corrected chi connectivity index (χ3v) is 3.80. The molecule has 0 fully saturated rings. The Morgan fingerprint density at radius 1 is 1.16 bits per heavy atom. The summed E-state index contributed by atoms with van der Waals surface area (Å²) in [7, 11) is 3.95. The van der Waals surface area contributed by atoms with Crippen LogP contribution in [0.1, 0.15) is 28.7 Å². The normalized spacial score (nSPS) is 10.8. The molecule has 0 aliphatic heterocycles. The highest BCUT2D eigenvalue weighted by atomic mass is 16.1. The summed E-state index contributed by atoms with van der Waals surface area (Å²) in [6.45, 7) is 6.80. The topological polar surface area (TPSA) is 61.4 Å². The highest BCUT2D eigenvalue weighted by molar-refractivity contribution is 5.92. The molecule has 25 heavy (non-hydrogen) atoms. The zero-order chi connectivity index (χ0) is 18.2. The van der Waals surface area contributed by atoms with Gasteiger partial charge in [-0.3, -0.25) is 4.79 Å². The molecule has 0 radical (unpaired) electrons. The number of carbonyl (C=O) groups is 1. The number of hydrogen-bond acceptors (Lipinski definition) is 5. The summed E-state index contributed by atoms with van der Waals surface area (Å²) < 4.78 is 0. The summed E-state index contributed by atoms with van der Waals surface area (Å²) in [6, 6.07) is 11.9. The van der Waals surface area contributed by atoms with Gasteiger partial charge in [0.15, 0.2) is 0 Å². The minimum absolute atomic E-state index is 0.163. The molecule has 1 N–H and O–H groups in total. The lowest BCUT2D eigenvalue weighted by Crippen LogP contribution is -2.32. The van der Waals surface area contributed by atoms with E-state index in [9.17, 15) is 4.79 Å². The van der Waals surface area contributed by atoms with Crippen molar-refractivity contribution in [1.29, 1.82) is 0 Å². The van der Waals surface area contributed by atoms with Gasteiger partial charge in [-0.15, -0.1) is 0 Å².